The Morgan fingerprint density at radius 3 is 2.21 bits per heavy atom. The number of ether oxygens (including phenoxy) is 3. The molecule has 0 unspecified atom stereocenters. The average molecular weight is 328 g/mol. The van der Waals surface area contributed by atoms with Gasteiger partial charge in [0.15, 0.2) is 0 Å². The third kappa shape index (κ3) is 4.42. The van der Waals surface area contributed by atoms with E-state index in [2.05, 4.69) is 4.74 Å². The minimum absolute atomic E-state index is 0.0225. The van der Waals surface area contributed by atoms with E-state index in [9.17, 15) is 14.4 Å². The molecule has 2 aromatic carbocycles. The standard InChI is InChI=1S/C18H16O6/c1-12(19)24-16-6-4-3-5-15(16)18(21)23-11-13-7-9-14(10-8-13)17(20)22-2/h3-10H,11H2,1-2H3. The monoisotopic (exact) mass is 328 g/mol. The maximum atomic E-state index is 12.2. The molecule has 0 saturated heterocycles. The predicted molar refractivity (Wildman–Crippen MR) is 84.7 cm³/mol. The summed E-state index contributed by atoms with van der Waals surface area (Å²) in [6.07, 6.45) is 0. The zero-order valence-electron chi connectivity index (χ0n) is 13.3. The van der Waals surface area contributed by atoms with Gasteiger partial charge in [0.05, 0.1) is 12.7 Å². The summed E-state index contributed by atoms with van der Waals surface area (Å²) in [7, 11) is 1.30. The smallest absolute Gasteiger partial charge is 0.342 e. The molecule has 0 aliphatic carbocycles. The van der Waals surface area contributed by atoms with Gasteiger partial charge in [-0.05, 0) is 29.8 Å². The molecule has 0 fully saturated rings. The number of carbonyl (C=O) groups excluding carboxylic acids is 3. The van der Waals surface area contributed by atoms with Gasteiger partial charge in [-0.25, -0.2) is 9.59 Å². The molecule has 0 N–H and O–H groups in total. The van der Waals surface area contributed by atoms with Crippen LogP contribution in [-0.4, -0.2) is 25.0 Å². The molecular weight excluding hydrogens is 312 g/mol. The Labute approximate surface area is 139 Å². The van der Waals surface area contributed by atoms with Crippen molar-refractivity contribution in [3.8, 4) is 5.75 Å². The van der Waals surface area contributed by atoms with Crippen LogP contribution in [0.15, 0.2) is 48.5 Å². The second kappa shape index (κ2) is 7.92. The van der Waals surface area contributed by atoms with E-state index in [1.165, 1.54) is 26.2 Å². The Hall–Kier alpha value is -3.15. The van der Waals surface area contributed by atoms with Gasteiger partial charge in [0.2, 0.25) is 0 Å². The highest BCUT2D eigenvalue weighted by Crippen LogP contribution is 2.20. The summed E-state index contributed by atoms with van der Waals surface area (Å²) in [5.74, 6) is -1.41. The molecule has 0 atom stereocenters. The fraction of sp³-hybridized carbons (Fsp3) is 0.167. The molecule has 0 bridgehead atoms. The predicted octanol–water partition coefficient (Wildman–Crippen LogP) is 2.76. The van der Waals surface area contributed by atoms with E-state index in [4.69, 9.17) is 9.47 Å². The van der Waals surface area contributed by atoms with Crippen molar-refractivity contribution in [2.24, 2.45) is 0 Å². The molecule has 0 spiro atoms. The van der Waals surface area contributed by atoms with Crippen LogP contribution in [0.2, 0.25) is 0 Å². The van der Waals surface area contributed by atoms with Crippen molar-refractivity contribution < 1.29 is 28.6 Å². The van der Waals surface area contributed by atoms with Crippen LogP contribution in [0, 0.1) is 0 Å². The molecule has 0 aromatic heterocycles. The van der Waals surface area contributed by atoms with Crippen molar-refractivity contribution in [3.05, 3.63) is 65.2 Å². The van der Waals surface area contributed by atoms with E-state index in [0.717, 1.165) is 0 Å². The summed E-state index contributed by atoms with van der Waals surface area (Å²) < 4.78 is 14.8. The molecule has 124 valence electrons. The normalized spacial score (nSPS) is 9.92. The van der Waals surface area contributed by atoms with Crippen LogP contribution in [0.5, 0.6) is 5.75 Å². The third-order valence-electron chi connectivity index (χ3n) is 3.11. The topological polar surface area (TPSA) is 78.9 Å². The van der Waals surface area contributed by atoms with Crippen molar-refractivity contribution in [3.63, 3.8) is 0 Å². The fourth-order valence-corrected chi connectivity index (χ4v) is 1.96. The minimum Gasteiger partial charge on any atom is -0.465 e. The summed E-state index contributed by atoms with van der Waals surface area (Å²) in [6.45, 7) is 1.28. The van der Waals surface area contributed by atoms with E-state index in [1.54, 1.807) is 36.4 Å². The number of methoxy groups -OCH3 is 1. The first-order valence-electron chi connectivity index (χ1n) is 7.13. The number of esters is 3. The van der Waals surface area contributed by atoms with Crippen molar-refractivity contribution in [2.45, 2.75) is 13.5 Å². The number of rotatable bonds is 5. The molecular formula is C18H16O6. The van der Waals surface area contributed by atoms with E-state index >= 15 is 0 Å². The van der Waals surface area contributed by atoms with Crippen LogP contribution in [0.3, 0.4) is 0 Å². The first-order valence-corrected chi connectivity index (χ1v) is 7.13. The number of carbonyl (C=O) groups is 3. The van der Waals surface area contributed by atoms with Crippen LogP contribution in [-0.2, 0) is 20.9 Å². The third-order valence-corrected chi connectivity index (χ3v) is 3.11. The highest BCUT2D eigenvalue weighted by molar-refractivity contribution is 5.93. The number of hydrogen-bond donors (Lipinski definition) is 0. The van der Waals surface area contributed by atoms with Crippen LogP contribution >= 0.6 is 0 Å². The van der Waals surface area contributed by atoms with Gasteiger partial charge < -0.3 is 14.2 Å². The number of benzene rings is 2. The van der Waals surface area contributed by atoms with Gasteiger partial charge in [0, 0.05) is 6.92 Å². The summed E-state index contributed by atoms with van der Waals surface area (Å²) in [5.41, 5.74) is 1.28. The Morgan fingerprint density at radius 1 is 0.917 bits per heavy atom. The highest BCUT2D eigenvalue weighted by Gasteiger charge is 2.15. The second-order valence-electron chi connectivity index (χ2n) is 4.85. The van der Waals surface area contributed by atoms with Crippen LogP contribution < -0.4 is 4.74 Å². The lowest BCUT2D eigenvalue weighted by Gasteiger charge is -2.09. The van der Waals surface area contributed by atoms with Crippen molar-refractivity contribution in [1.29, 1.82) is 0 Å². The zero-order valence-corrected chi connectivity index (χ0v) is 13.3. The molecule has 2 rings (SSSR count). The molecule has 0 amide bonds. The first-order chi connectivity index (χ1) is 11.5. The molecule has 6 heteroatoms. The van der Waals surface area contributed by atoms with Gasteiger partial charge >= 0.3 is 17.9 Å². The molecule has 0 aliphatic rings. The average Bonchev–Trinajstić information content (AvgIpc) is 2.59. The van der Waals surface area contributed by atoms with E-state index < -0.39 is 17.9 Å². The lowest BCUT2D eigenvalue weighted by atomic mass is 10.1. The molecule has 2 aromatic rings. The van der Waals surface area contributed by atoms with Gasteiger partial charge in [-0.15, -0.1) is 0 Å². The van der Waals surface area contributed by atoms with Gasteiger partial charge in [-0.1, -0.05) is 24.3 Å². The lowest BCUT2D eigenvalue weighted by molar-refractivity contribution is -0.131. The highest BCUT2D eigenvalue weighted by atomic mass is 16.5. The van der Waals surface area contributed by atoms with Crippen molar-refractivity contribution in [1.82, 2.24) is 0 Å². The Balaban J connectivity index is 2.03. The summed E-state index contributed by atoms with van der Waals surface area (Å²) >= 11 is 0. The molecule has 24 heavy (non-hydrogen) atoms. The first kappa shape index (κ1) is 17.2. The number of para-hydroxylation sites is 1. The van der Waals surface area contributed by atoms with E-state index in [1.807, 2.05) is 0 Å². The molecule has 0 heterocycles. The summed E-state index contributed by atoms with van der Waals surface area (Å²) in [5, 5.41) is 0. The largest absolute Gasteiger partial charge is 0.465 e. The van der Waals surface area contributed by atoms with Crippen molar-refractivity contribution >= 4 is 17.9 Å². The molecule has 0 aliphatic heterocycles. The maximum Gasteiger partial charge on any atom is 0.342 e. The van der Waals surface area contributed by atoms with E-state index in [0.29, 0.717) is 11.1 Å². The zero-order chi connectivity index (χ0) is 17.5. The van der Waals surface area contributed by atoms with E-state index in [-0.39, 0.29) is 17.9 Å². The lowest BCUT2D eigenvalue weighted by Crippen LogP contribution is -2.10. The Bertz CT molecular complexity index is 748. The van der Waals surface area contributed by atoms with Gasteiger partial charge in [0.25, 0.3) is 0 Å². The Kier molecular flexibility index (Phi) is 5.68. The number of hydrogen-bond acceptors (Lipinski definition) is 6. The SMILES string of the molecule is COC(=O)c1ccc(COC(=O)c2ccccc2OC(C)=O)cc1. The minimum atomic E-state index is -0.608. The fourth-order valence-electron chi connectivity index (χ4n) is 1.96. The van der Waals surface area contributed by atoms with Gasteiger partial charge in [0.1, 0.15) is 17.9 Å². The summed E-state index contributed by atoms with van der Waals surface area (Å²) in [4.78, 5) is 34.6. The van der Waals surface area contributed by atoms with Crippen molar-refractivity contribution in [2.75, 3.05) is 7.11 Å². The molecule has 0 saturated carbocycles. The van der Waals surface area contributed by atoms with Gasteiger partial charge in [-0.2, -0.15) is 0 Å². The Morgan fingerprint density at radius 2 is 1.58 bits per heavy atom. The van der Waals surface area contributed by atoms with Crippen LogP contribution in [0.25, 0.3) is 0 Å². The maximum absolute atomic E-state index is 12.2. The summed E-state index contributed by atoms with van der Waals surface area (Å²) in [6, 6.07) is 12.8. The van der Waals surface area contributed by atoms with Crippen LogP contribution in [0.4, 0.5) is 0 Å². The quantitative estimate of drug-likeness (QED) is 0.620. The molecule has 0 radical (unpaired) electrons. The molecule has 6 nitrogen and oxygen atoms in total. The van der Waals surface area contributed by atoms with Gasteiger partial charge in [-0.3, -0.25) is 4.79 Å². The van der Waals surface area contributed by atoms with Crippen LogP contribution in [0.1, 0.15) is 33.2 Å². The second-order valence-corrected chi connectivity index (χ2v) is 4.85.